The first-order valence-electron chi connectivity index (χ1n) is 34.5. The lowest BCUT2D eigenvalue weighted by molar-refractivity contribution is -0.345. The third-order valence-electron chi connectivity index (χ3n) is 22.4. The minimum Gasteiger partial charge on any atom is -0.361 e. The van der Waals surface area contributed by atoms with Gasteiger partial charge in [-0.15, -0.1) is 0 Å². The number of quaternary nitrogens is 9. The average molecular weight is 1290 g/mol. The fourth-order valence-electron chi connectivity index (χ4n) is 13.2. The molecular weight excluding hydrogens is 1140 g/mol. The summed E-state index contributed by atoms with van der Waals surface area (Å²) in [6.07, 6.45) is 34.3. The Balaban J connectivity index is 5.20. The van der Waals surface area contributed by atoms with Gasteiger partial charge in [0, 0.05) is 0 Å². The third-order valence-corrected chi connectivity index (χ3v) is 50.0. The molecule has 480 valence electrons. The molecule has 81 heavy (non-hydrogen) atoms. The fourth-order valence-corrected chi connectivity index (χ4v) is 25.7. The van der Waals surface area contributed by atoms with Crippen molar-refractivity contribution in [2.45, 2.75) is 304 Å². The summed E-state index contributed by atoms with van der Waals surface area (Å²) >= 11 is 0. The van der Waals surface area contributed by atoms with Crippen LogP contribution in [0.3, 0.4) is 0 Å². The summed E-state index contributed by atoms with van der Waals surface area (Å²) in [5.41, 5.74) is 47.2. The Morgan fingerprint density at radius 2 is 0.309 bits per heavy atom. The molecule has 9 nitrogen and oxygen atoms in total. The molecule has 1 aromatic rings. The Morgan fingerprint density at radius 3 is 0.395 bits per heavy atom. The molecule has 0 unspecified atom stereocenters. The van der Waals surface area contributed by atoms with Gasteiger partial charge in [0.25, 0.3) is 0 Å². The van der Waals surface area contributed by atoms with E-state index in [-0.39, 0.29) is 16.2 Å². The monoisotopic (exact) mass is 1290 g/mol. The van der Waals surface area contributed by atoms with E-state index >= 15 is 0 Å². The molecule has 27 N–H and O–H groups in total. The van der Waals surface area contributed by atoms with Gasteiger partial charge in [0.05, 0.1) is 55.5 Å². The van der Waals surface area contributed by atoms with Crippen LogP contribution in [0.25, 0.3) is 0 Å². The molecule has 0 radical (unpaired) electrons. The summed E-state index contributed by atoms with van der Waals surface area (Å²) in [5, 5.41) is 0. The summed E-state index contributed by atoms with van der Waals surface area (Å²) < 4.78 is 0. The third kappa shape index (κ3) is 29.8. The van der Waals surface area contributed by atoms with Crippen LogP contribution in [-0.2, 0) is 16.2 Å². The van der Waals surface area contributed by atoms with E-state index in [2.05, 4.69) is 188 Å². The van der Waals surface area contributed by atoms with Crippen LogP contribution in [0.15, 0.2) is 18.2 Å². The van der Waals surface area contributed by atoms with Crippen molar-refractivity contribution in [3.05, 3.63) is 34.9 Å². The molecule has 0 aliphatic heterocycles. The van der Waals surface area contributed by atoms with Crippen LogP contribution in [0.4, 0.5) is 0 Å². The normalized spacial score (nSPS) is 14.4. The van der Waals surface area contributed by atoms with Gasteiger partial charge in [0.15, 0.2) is 0 Å². The first-order valence-corrected chi connectivity index (χ1v) is 65.3. The van der Waals surface area contributed by atoms with Crippen molar-refractivity contribution in [1.82, 2.24) is 0 Å². The summed E-state index contributed by atoms with van der Waals surface area (Å²) in [5.74, 6) is 0. The van der Waals surface area contributed by atoms with E-state index in [1.165, 1.54) is 170 Å². The Kier molecular flexibility index (Phi) is 34.8. The smallest absolute Gasteiger partial charge is 0.113 e. The van der Waals surface area contributed by atoms with Gasteiger partial charge < -0.3 is 51.6 Å². The van der Waals surface area contributed by atoms with Gasteiger partial charge >= 0.3 is 0 Å². The highest BCUT2D eigenvalue weighted by Gasteiger charge is 2.43. The van der Waals surface area contributed by atoms with Crippen LogP contribution in [0, 0.1) is 0 Å². The Morgan fingerprint density at radius 1 is 0.210 bits per heavy atom. The predicted octanol–water partition coefficient (Wildman–Crippen LogP) is 7.83. The second-order valence-electron chi connectivity index (χ2n) is 35.0. The van der Waals surface area contributed by atoms with Crippen LogP contribution in [-0.4, -0.2) is 128 Å². The maximum atomic E-state index is 4.60. The Hall–Kier alpha value is 0.812. The van der Waals surface area contributed by atoms with Crippen LogP contribution in [0.2, 0.25) is 172 Å². The summed E-state index contributed by atoms with van der Waals surface area (Å²) in [4.78, 5) is 0. The zero-order chi connectivity index (χ0) is 62.3. The second kappa shape index (κ2) is 35.3. The number of hydrogen-bond acceptors (Lipinski definition) is 0. The fraction of sp³-hybridized carbons (Fsp3) is 0.905. The van der Waals surface area contributed by atoms with Crippen molar-refractivity contribution >= 4 is 72.7 Å². The van der Waals surface area contributed by atoms with E-state index in [4.69, 9.17) is 0 Å². The molecule has 0 aliphatic rings. The summed E-state index contributed by atoms with van der Waals surface area (Å²) in [6.45, 7) is 47.5. The molecule has 0 atom stereocenters. The highest BCUT2D eigenvalue weighted by molar-refractivity contribution is 6.80. The van der Waals surface area contributed by atoms with Crippen LogP contribution < -0.4 is 51.6 Å². The highest BCUT2D eigenvalue weighted by Crippen LogP contribution is 2.51. The van der Waals surface area contributed by atoms with E-state index in [1.54, 1.807) is 16.7 Å². The predicted molar refractivity (Wildman–Crippen MR) is 385 cm³/mol. The van der Waals surface area contributed by atoms with Gasteiger partial charge in [-0.05, 0) is 90.7 Å². The number of hydrogen-bond donors (Lipinski definition) is 9. The van der Waals surface area contributed by atoms with E-state index in [0.717, 1.165) is 55.5 Å². The zero-order valence-corrected chi connectivity index (χ0v) is 68.1. The zero-order valence-electron chi connectivity index (χ0n) is 59.1. The molecule has 0 aromatic heterocycles. The molecule has 1 rings (SSSR count). The molecular formula is C63H156N9Si9+9. The van der Waals surface area contributed by atoms with Crippen LogP contribution >= 0.6 is 0 Å². The minimum atomic E-state index is -1.42. The molecule has 0 heterocycles. The summed E-state index contributed by atoms with van der Waals surface area (Å²) in [6, 6.07) is 21.7. The van der Waals surface area contributed by atoms with Gasteiger partial charge in [-0.1, -0.05) is 248 Å². The van der Waals surface area contributed by atoms with Crippen molar-refractivity contribution < 1.29 is 51.6 Å². The molecule has 0 fully saturated rings. The molecule has 0 saturated heterocycles. The lowest BCUT2D eigenvalue weighted by Gasteiger charge is -2.44. The van der Waals surface area contributed by atoms with Gasteiger partial charge in [-0.2, -0.15) is 0 Å². The Labute approximate surface area is 515 Å². The van der Waals surface area contributed by atoms with Crippen molar-refractivity contribution in [3.8, 4) is 0 Å². The summed E-state index contributed by atoms with van der Waals surface area (Å²) in [7, 11) is -12.8. The van der Waals surface area contributed by atoms with Gasteiger partial charge in [-0.3, -0.25) is 0 Å². The molecule has 18 heteroatoms. The SMILES string of the molecule is C[Si](C)(C[NH3+])CCCC(CCC[Si](C)(C)C[NH3+])(CCC[Si](C)(C)C[NH3+])c1cc(C(CCC[Si](C)(C)C[NH3+])(CCC[Si](C)(C)C[NH3+])CCC[Si](C)(C)C[NH3+])cc(C(CCC[Si](C)(C)C[NH3+])(CCC[Si](C)(C)C[NH3+])CCC[Si](C)(C)C[NH3+])c1. The van der Waals surface area contributed by atoms with Gasteiger partial charge in [-0.25, -0.2) is 0 Å². The van der Waals surface area contributed by atoms with Crippen molar-refractivity contribution in [2.24, 2.45) is 0 Å². The molecule has 0 aliphatic carbocycles. The lowest BCUT2D eigenvalue weighted by atomic mass is 9.63. The quantitative estimate of drug-likeness (QED) is 0.0283. The molecule has 0 saturated carbocycles. The van der Waals surface area contributed by atoms with Crippen molar-refractivity contribution in [2.75, 3.05) is 55.5 Å². The number of benzene rings is 1. The topological polar surface area (TPSA) is 249 Å². The van der Waals surface area contributed by atoms with E-state index < -0.39 is 72.7 Å². The number of rotatable bonds is 48. The first-order chi connectivity index (χ1) is 37.2. The molecule has 0 amide bonds. The average Bonchev–Trinajstić information content (AvgIpc) is 3.39. The molecule has 0 bridgehead atoms. The maximum absolute atomic E-state index is 4.60. The molecule has 0 spiro atoms. The minimum absolute atomic E-state index is 0.147. The van der Waals surface area contributed by atoms with E-state index in [0.29, 0.717) is 0 Å². The van der Waals surface area contributed by atoms with Crippen LogP contribution in [0.1, 0.15) is 132 Å². The molecule has 1 aromatic carbocycles. The van der Waals surface area contributed by atoms with E-state index in [9.17, 15) is 0 Å². The highest BCUT2D eigenvalue weighted by atomic mass is 28.3. The van der Waals surface area contributed by atoms with E-state index in [1.807, 2.05) is 0 Å². The standard InChI is InChI=1S/C63H147N9Si9/c1-73(2,49-64)37-19-28-61(29-20-38-74(3,4)50-65,30-21-39-75(5,6)51-66)58-46-59(62(31-22-40-76(7,8)52-67,32-23-41-77(9,10)53-68)33-24-42-78(11,12)54-69)48-60(47-58)63(34-25-43-79(13,14)55-70,35-26-44-80(15,16)56-71)36-27-45-81(17,18)57-72/h46-48H,19-45,49-57,64-72H2,1-18H3/p+9. The van der Waals surface area contributed by atoms with Crippen molar-refractivity contribution in [3.63, 3.8) is 0 Å². The van der Waals surface area contributed by atoms with Gasteiger partial charge in [0.1, 0.15) is 72.7 Å². The van der Waals surface area contributed by atoms with Crippen LogP contribution in [0.5, 0.6) is 0 Å². The first kappa shape index (κ1) is 79.8. The lowest BCUT2D eigenvalue weighted by Crippen LogP contribution is -2.62. The maximum Gasteiger partial charge on any atom is 0.113 e. The van der Waals surface area contributed by atoms with Gasteiger partial charge in [0.2, 0.25) is 0 Å². The second-order valence-corrected chi connectivity index (χ2v) is 83.0. The Bertz CT molecular complexity index is 1510. The van der Waals surface area contributed by atoms with Crippen molar-refractivity contribution in [1.29, 1.82) is 0 Å². The largest absolute Gasteiger partial charge is 0.361 e.